The Balaban J connectivity index is 1.07. The van der Waals surface area contributed by atoms with E-state index in [1.165, 1.54) is 91.5 Å². The molecule has 0 atom stereocenters. The fraction of sp³-hybridized carbons (Fsp3) is 0. The van der Waals surface area contributed by atoms with Gasteiger partial charge in [0.25, 0.3) is 0 Å². The largest absolute Gasteiger partial charge is 0.309 e. The van der Waals surface area contributed by atoms with E-state index in [0.29, 0.717) is 0 Å². The van der Waals surface area contributed by atoms with E-state index in [1.54, 1.807) is 0 Å². The molecular weight excluding hydrogens is 733 g/mol. The summed E-state index contributed by atoms with van der Waals surface area (Å²) in [5.74, 6) is 0. The molecule has 2 nitrogen and oxygen atoms in total. The van der Waals surface area contributed by atoms with Crippen molar-refractivity contribution in [2.24, 2.45) is 0 Å². The lowest BCUT2D eigenvalue weighted by atomic mass is 9.97. The second-order valence-electron chi connectivity index (χ2n) is 15.3. The number of hydrogen-bond donors (Lipinski definition) is 0. The molecule has 59 heavy (non-hydrogen) atoms. The molecule has 276 valence electrons. The number of nitrogens with zero attached hydrogens (tertiary/aromatic N) is 2. The molecule has 0 spiro atoms. The second-order valence-corrected chi connectivity index (χ2v) is 16.3. The minimum absolute atomic E-state index is 1.11. The number of para-hydroxylation sites is 3. The van der Waals surface area contributed by atoms with Gasteiger partial charge >= 0.3 is 0 Å². The SMILES string of the molecule is c1ccc(-n2c3ccccc3c3ccccc32)c(-c2ccc(N(c3cccc4ccccc34)c3ccc(-c4ccc5ccccc5c4)c4sc5ccccc5c34)cc2)c1. The molecular formula is C56H36N2S. The van der Waals surface area contributed by atoms with E-state index in [1.807, 2.05) is 11.3 Å². The van der Waals surface area contributed by atoms with Gasteiger partial charge in [-0.3, -0.25) is 0 Å². The van der Waals surface area contributed by atoms with Crippen LogP contribution in [-0.2, 0) is 0 Å². The highest BCUT2D eigenvalue weighted by Gasteiger charge is 2.23. The zero-order chi connectivity index (χ0) is 38.9. The zero-order valence-corrected chi connectivity index (χ0v) is 32.9. The Labute approximate surface area is 346 Å². The summed E-state index contributed by atoms with van der Waals surface area (Å²) in [7, 11) is 0. The van der Waals surface area contributed by atoms with Gasteiger partial charge in [-0.05, 0) is 87.4 Å². The first-order chi connectivity index (χ1) is 29.3. The summed E-state index contributed by atoms with van der Waals surface area (Å²) in [6.07, 6.45) is 0. The maximum atomic E-state index is 2.48. The fourth-order valence-corrected chi connectivity index (χ4v) is 10.5. The normalized spacial score (nSPS) is 11.7. The fourth-order valence-electron chi connectivity index (χ4n) is 9.28. The highest BCUT2D eigenvalue weighted by Crippen LogP contribution is 2.50. The van der Waals surface area contributed by atoms with Crippen molar-refractivity contribution in [1.29, 1.82) is 0 Å². The van der Waals surface area contributed by atoms with Gasteiger partial charge in [0.15, 0.2) is 0 Å². The maximum Gasteiger partial charge on any atom is 0.0555 e. The highest BCUT2D eigenvalue weighted by atomic mass is 32.1. The smallest absolute Gasteiger partial charge is 0.0555 e. The van der Waals surface area contributed by atoms with Gasteiger partial charge < -0.3 is 9.47 Å². The van der Waals surface area contributed by atoms with Gasteiger partial charge in [-0.25, -0.2) is 0 Å². The molecule has 2 heterocycles. The number of anilines is 3. The van der Waals surface area contributed by atoms with Crippen LogP contribution in [-0.4, -0.2) is 4.57 Å². The van der Waals surface area contributed by atoms with Gasteiger partial charge in [0.05, 0.1) is 28.1 Å². The highest BCUT2D eigenvalue weighted by molar-refractivity contribution is 7.26. The van der Waals surface area contributed by atoms with Gasteiger partial charge in [0.1, 0.15) is 0 Å². The molecule has 10 aromatic carbocycles. The van der Waals surface area contributed by atoms with Crippen molar-refractivity contribution in [2.45, 2.75) is 0 Å². The average Bonchev–Trinajstić information content (AvgIpc) is 3.86. The van der Waals surface area contributed by atoms with Crippen molar-refractivity contribution in [2.75, 3.05) is 4.90 Å². The third-order valence-corrected chi connectivity index (χ3v) is 13.2. The van der Waals surface area contributed by atoms with Crippen LogP contribution in [0.1, 0.15) is 0 Å². The second kappa shape index (κ2) is 13.6. The monoisotopic (exact) mass is 768 g/mol. The Morgan fingerprint density at radius 2 is 0.983 bits per heavy atom. The van der Waals surface area contributed by atoms with E-state index in [-0.39, 0.29) is 0 Å². The predicted molar refractivity (Wildman–Crippen MR) is 254 cm³/mol. The molecule has 0 unspecified atom stereocenters. The molecule has 12 rings (SSSR count). The average molecular weight is 769 g/mol. The van der Waals surface area contributed by atoms with Crippen molar-refractivity contribution in [3.63, 3.8) is 0 Å². The number of rotatable bonds is 6. The maximum absolute atomic E-state index is 2.48. The molecule has 3 heteroatoms. The van der Waals surface area contributed by atoms with Crippen LogP contribution < -0.4 is 4.90 Å². The topological polar surface area (TPSA) is 8.17 Å². The van der Waals surface area contributed by atoms with Crippen molar-refractivity contribution in [3.05, 3.63) is 218 Å². The summed E-state index contributed by atoms with van der Waals surface area (Å²) in [6.45, 7) is 0. The number of aromatic nitrogens is 1. The summed E-state index contributed by atoms with van der Waals surface area (Å²) >= 11 is 1.89. The minimum atomic E-state index is 1.11. The Bertz CT molecular complexity index is 3510. The van der Waals surface area contributed by atoms with E-state index in [2.05, 4.69) is 228 Å². The molecule has 0 fully saturated rings. The summed E-state index contributed by atoms with van der Waals surface area (Å²) in [5, 5.41) is 9.99. The minimum Gasteiger partial charge on any atom is -0.309 e. The third kappa shape index (κ3) is 5.40. The molecule has 0 saturated heterocycles. The van der Waals surface area contributed by atoms with Crippen LogP contribution in [0.2, 0.25) is 0 Å². The number of fused-ring (bicyclic) bond motifs is 8. The molecule has 0 saturated carbocycles. The van der Waals surface area contributed by atoms with Crippen molar-refractivity contribution in [1.82, 2.24) is 4.57 Å². The Morgan fingerprint density at radius 3 is 1.78 bits per heavy atom. The molecule has 12 aromatic rings. The zero-order valence-electron chi connectivity index (χ0n) is 32.1. The van der Waals surface area contributed by atoms with E-state index < -0.39 is 0 Å². The van der Waals surface area contributed by atoms with Crippen molar-refractivity contribution < 1.29 is 0 Å². The molecule has 0 aliphatic rings. The van der Waals surface area contributed by atoms with Gasteiger partial charge in [0.2, 0.25) is 0 Å². The standard InChI is InChI=1S/C56H36N2S/c1-2-16-40-36-41(29-28-37(40)14-1)45-34-35-53(55-48-22-8-12-27-54(48)59-56(45)55)57(49-26-13-17-38-15-3-4-18-43(38)49)42-32-30-39(31-33-42)44-19-5-9-23-50(44)58-51-24-10-6-20-46(51)47-21-7-11-25-52(47)58/h1-36H. The predicted octanol–water partition coefficient (Wildman–Crippen LogP) is 16.3. The summed E-state index contributed by atoms with van der Waals surface area (Å²) in [5.41, 5.74) is 11.8. The van der Waals surface area contributed by atoms with Gasteiger partial charge in [-0.1, -0.05) is 164 Å². The lowest BCUT2D eigenvalue weighted by Crippen LogP contribution is -2.11. The van der Waals surface area contributed by atoms with Crippen LogP contribution in [0.25, 0.3) is 91.5 Å². The summed E-state index contributed by atoms with van der Waals surface area (Å²) in [4.78, 5) is 2.48. The van der Waals surface area contributed by atoms with Crippen LogP contribution >= 0.6 is 11.3 Å². The van der Waals surface area contributed by atoms with E-state index >= 15 is 0 Å². The molecule has 0 bridgehead atoms. The Morgan fingerprint density at radius 1 is 0.373 bits per heavy atom. The van der Waals surface area contributed by atoms with Gasteiger partial charge in [-0.15, -0.1) is 11.3 Å². The van der Waals surface area contributed by atoms with Crippen molar-refractivity contribution in [3.8, 4) is 27.9 Å². The molecule has 0 amide bonds. The van der Waals surface area contributed by atoms with Gasteiger partial charge in [0, 0.05) is 47.6 Å². The quantitative estimate of drug-likeness (QED) is 0.164. The van der Waals surface area contributed by atoms with E-state index in [9.17, 15) is 0 Å². The van der Waals surface area contributed by atoms with Crippen LogP contribution in [0.15, 0.2) is 218 Å². The molecule has 0 aliphatic heterocycles. The Hall–Kier alpha value is -7.46. The van der Waals surface area contributed by atoms with Crippen LogP contribution in [0.4, 0.5) is 17.1 Å². The Kier molecular flexibility index (Phi) is 7.75. The first kappa shape index (κ1) is 33.7. The lowest BCUT2D eigenvalue weighted by Gasteiger charge is -2.28. The first-order valence-corrected chi connectivity index (χ1v) is 21.0. The van der Waals surface area contributed by atoms with Crippen LogP contribution in [0, 0.1) is 0 Å². The van der Waals surface area contributed by atoms with E-state index in [4.69, 9.17) is 0 Å². The molecule has 0 N–H and O–H groups in total. The third-order valence-electron chi connectivity index (χ3n) is 12.0. The summed E-state index contributed by atoms with van der Waals surface area (Å²) in [6, 6.07) is 80.0. The van der Waals surface area contributed by atoms with Gasteiger partial charge in [-0.2, -0.15) is 0 Å². The van der Waals surface area contributed by atoms with Crippen LogP contribution in [0.5, 0.6) is 0 Å². The van der Waals surface area contributed by atoms with E-state index in [0.717, 1.165) is 17.1 Å². The number of hydrogen-bond acceptors (Lipinski definition) is 2. The van der Waals surface area contributed by atoms with Crippen LogP contribution in [0.3, 0.4) is 0 Å². The first-order valence-electron chi connectivity index (χ1n) is 20.2. The number of thiophene rings is 1. The summed E-state index contributed by atoms with van der Waals surface area (Å²) < 4.78 is 5.00. The lowest BCUT2D eigenvalue weighted by molar-refractivity contribution is 1.18. The molecule has 0 radical (unpaired) electrons. The van der Waals surface area contributed by atoms with Crippen molar-refractivity contribution >= 4 is 91.9 Å². The molecule has 0 aliphatic carbocycles. The molecule has 2 aromatic heterocycles. The number of benzene rings is 10.